The van der Waals surface area contributed by atoms with Crippen LogP contribution in [0, 0.1) is 10.1 Å². The Morgan fingerprint density at radius 3 is 2.43 bits per heavy atom. The molecule has 0 heterocycles. The molecule has 0 atom stereocenters. The highest BCUT2D eigenvalue weighted by molar-refractivity contribution is 7.98. The largest absolute Gasteiger partial charge is 0.478 e. The van der Waals surface area contributed by atoms with E-state index in [4.69, 9.17) is 9.84 Å². The zero-order valence-electron chi connectivity index (χ0n) is 11.0. The van der Waals surface area contributed by atoms with Crippen molar-refractivity contribution >= 4 is 23.4 Å². The van der Waals surface area contributed by atoms with E-state index in [1.807, 2.05) is 6.26 Å². The summed E-state index contributed by atoms with van der Waals surface area (Å²) in [5, 5.41) is 20.1. The Morgan fingerprint density at radius 1 is 1.24 bits per heavy atom. The predicted octanol–water partition coefficient (Wildman–Crippen LogP) is 3.81. The van der Waals surface area contributed by atoms with Crippen molar-refractivity contribution in [3.63, 3.8) is 0 Å². The monoisotopic (exact) mass is 305 g/mol. The van der Waals surface area contributed by atoms with Gasteiger partial charge in [0, 0.05) is 11.0 Å². The average Bonchev–Trinajstić information content (AvgIpc) is 2.47. The summed E-state index contributed by atoms with van der Waals surface area (Å²) in [6.45, 7) is 0. The van der Waals surface area contributed by atoms with Gasteiger partial charge in [-0.05, 0) is 36.6 Å². The van der Waals surface area contributed by atoms with Gasteiger partial charge in [-0.15, -0.1) is 11.8 Å². The highest BCUT2D eigenvalue weighted by atomic mass is 32.2. The minimum absolute atomic E-state index is 0.252. The Bertz CT molecular complexity index is 652. The number of aromatic carboxylic acids is 1. The van der Waals surface area contributed by atoms with Gasteiger partial charge < -0.3 is 9.84 Å². The Morgan fingerprint density at radius 2 is 1.90 bits per heavy atom. The normalized spacial score (nSPS) is 10.1. The second kappa shape index (κ2) is 6.27. The zero-order chi connectivity index (χ0) is 15.4. The summed E-state index contributed by atoms with van der Waals surface area (Å²) in [6, 6.07) is 10.6. The maximum atomic E-state index is 11.2. The lowest BCUT2D eigenvalue weighted by Crippen LogP contribution is -2.03. The van der Waals surface area contributed by atoms with Crippen LogP contribution in [-0.2, 0) is 0 Å². The van der Waals surface area contributed by atoms with Crippen LogP contribution >= 0.6 is 11.8 Å². The molecule has 0 aromatic heterocycles. The van der Waals surface area contributed by atoms with E-state index in [2.05, 4.69) is 0 Å². The molecule has 2 rings (SSSR count). The first-order valence-corrected chi connectivity index (χ1v) is 7.08. The molecular weight excluding hydrogens is 294 g/mol. The Kier molecular flexibility index (Phi) is 4.44. The van der Waals surface area contributed by atoms with Crippen molar-refractivity contribution in [2.75, 3.05) is 6.26 Å². The summed E-state index contributed by atoms with van der Waals surface area (Å²) < 4.78 is 5.43. The molecule has 0 amide bonds. The van der Waals surface area contributed by atoms with Crippen molar-refractivity contribution in [1.29, 1.82) is 0 Å². The molecule has 2 aromatic carbocycles. The number of para-hydroxylation sites is 1. The number of ether oxygens (including phenoxy) is 1. The van der Waals surface area contributed by atoms with Gasteiger partial charge >= 0.3 is 11.7 Å². The van der Waals surface area contributed by atoms with Gasteiger partial charge in [0.25, 0.3) is 0 Å². The van der Waals surface area contributed by atoms with Gasteiger partial charge in [-0.25, -0.2) is 4.79 Å². The lowest BCUT2D eigenvalue weighted by Gasteiger charge is -2.09. The summed E-state index contributed by atoms with van der Waals surface area (Å²) in [6.07, 6.45) is 1.92. The van der Waals surface area contributed by atoms with Crippen LogP contribution in [0.15, 0.2) is 47.4 Å². The number of thioether (sulfide) groups is 1. The van der Waals surface area contributed by atoms with Gasteiger partial charge in [0.2, 0.25) is 5.75 Å². The third-order valence-electron chi connectivity index (χ3n) is 2.70. The van der Waals surface area contributed by atoms with Crippen LogP contribution in [-0.4, -0.2) is 22.3 Å². The van der Waals surface area contributed by atoms with Gasteiger partial charge in [0.1, 0.15) is 11.3 Å². The highest BCUT2D eigenvalue weighted by Crippen LogP contribution is 2.35. The van der Waals surface area contributed by atoms with E-state index >= 15 is 0 Å². The number of nitrogens with zero attached hydrogens (tertiary/aromatic N) is 1. The summed E-state index contributed by atoms with van der Waals surface area (Å²) >= 11 is 1.54. The number of hydrogen-bond acceptors (Lipinski definition) is 5. The molecule has 7 heteroatoms. The number of nitro benzene ring substituents is 1. The molecule has 0 bridgehead atoms. The molecule has 0 unspecified atom stereocenters. The van der Waals surface area contributed by atoms with E-state index in [1.165, 1.54) is 18.2 Å². The standard InChI is InChI=1S/C14H11NO5S/c1-21-10-7-5-9(6-8-10)20-13-11(14(16)17)3-2-4-12(13)15(18)19/h2-8H,1H3,(H,16,17). The van der Waals surface area contributed by atoms with Crippen molar-refractivity contribution < 1.29 is 19.6 Å². The summed E-state index contributed by atoms with van der Waals surface area (Å²) in [5.41, 5.74) is -0.637. The summed E-state index contributed by atoms with van der Waals surface area (Å²) in [7, 11) is 0. The third-order valence-corrected chi connectivity index (χ3v) is 3.44. The smallest absolute Gasteiger partial charge is 0.339 e. The molecule has 0 radical (unpaired) electrons. The van der Waals surface area contributed by atoms with Crippen molar-refractivity contribution in [2.45, 2.75) is 4.90 Å². The van der Waals surface area contributed by atoms with Crippen LogP contribution in [0.2, 0.25) is 0 Å². The molecule has 0 aliphatic rings. The molecule has 0 fully saturated rings. The number of hydrogen-bond donors (Lipinski definition) is 1. The highest BCUT2D eigenvalue weighted by Gasteiger charge is 2.23. The lowest BCUT2D eigenvalue weighted by atomic mass is 10.1. The second-order valence-electron chi connectivity index (χ2n) is 3.99. The van der Waals surface area contributed by atoms with Crippen molar-refractivity contribution in [1.82, 2.24) is 0 Å². The molecule has 0 aliphatic carbocycles. The molecule has 0 saturated heterocycles. The fraction of sp³-hybridized carbons (Fsp3) is 0.0714. The quantitative estimate of drug-likeness (QED) is 0.513. The molecule has 0 spiro atoms. The van der Waals surface area contributed by atoms with Gasteiger partial charge in [0.05, 0.1) is 4.92 Å². The minimum Gasteiger partial charge on any atom is -0.478 e. The maximum Gasteiger partial charge on any atom is 0.339 e. The predicted molar refractivity (Wildman–Crippen MR) is 78.4 cm³/mol. The topological polar surface area (TPSA) is 89.7 Å². The fourth-order valence-corrected chi connectivity index (χ4v) is 2.11. The van der Waals surface area contributed by atoms with Gasteiger partial charge in [-0.2, -0.15) is 0 Å². The third kappa shape index (κ3) is 3.32. The minimum atomic E-state index is -1.28. The lowest BCUT2D eigenvalue weighted by molar-refractivity contribution is -0.385. The van der Waals surface area contributed by atoms with Crippen LogP contribution in [0.4, 0.5) is 5.69 Å². The van der Waals surface area contributed by atoms with Crippen molar-refractivity contribution in [3.05, 3.63) is 58.1 Å². The van der Waals surface area contributed by atoms with Crippen LogP contribution < -0.4 is 4.74 Å². The molecule has 1 N–H and O–H groups in total. The first-order valence-electron chi connectivity index (χ1n) is 5.85. The number of carboxylic acid groups (broad SMARTS) is 1. The molecule has 108 valence electrons. The number of carbonyl (C=O) groups is 1. The van der Waals surface area contributed by atoms with E-state index in [9.17, 15) is 14.9 Å². The molecule has 0 aliphatic heterocycles. The van der Waals surface area contributed by atoms with Crippen LogP contribution in [0.25, 0.3) is 0 Å². The molecule has 2 aromatic rings. The molecule has 21 heavy (non-hydrogen) atoms. The van der Waals surface area contributed by atoms with Crippen LogP contribution in [0.3, 0.4) is 0 Å². The number of rotatable bonds is 5. The Balaban J connectivity index is 2.45. The van der Waals surface area contributed by atoms with E-state index < -0.39 is 10.9 Å². The van der Waals surface area contributed by atoms with Crippen molar-refractivity contribution in [3.8, 4) is 11.5 Å². The number of carboxylic acids is 1. The zero-order valence-corrected chi connectivity index (χ0v) is 11.8. The van der Waals surface area contributed by atoms with Gasteiger partial charge in [0.15, 0.2) is 0 Å². The molecular formula is C14H11NO5S. The first kappa shape index (κ1) is 14.9. The molecule has 6 nitrogen and oxygen atoms in total. The van der Waals surface area contributed by atoms with Crippen LogP contribution in [0.1, 0.15) is 10.4 Å². The number of nitro groups is 1. The Hall–Kier alpha value is -2.54. The SMILES string of the molecule is CSc1ccc(Oc2c(C(=O)O)cccc2[N+](=O)[O-])cc1. The summed E-state index contributed by atoms with van der Waals surface area (Å²) in [5.74, 6) is -1.22. The van der Waals surface area contributed by atoms with E-state index in [1.54, 1.807) is 36.0 Å². The van der Waals surface area contributed by atoms with Gasteiger partial charge in [-0.3, -0.25) is 10.1 Å². The van der Waals surface area contributed by atoms with E-state index in [-0.39, 0.29) is 17.0 Å². The summed E-state index contributed by atoms with van der Waals surface area (Å²) in [4.78, 5) is 22.5. The first-order chi connectivity index (χ1) is 10.0. The maximum absolute atomic E-state index is 11.2. The Labute approximate surface area is 124 Å². The van der Waals surface area contributed by atoms with E-state index in [0.29, 0.717) is 5.75 Å². The van der Waals surface area contributed by atoms with E-state index in [0.717, 1.165) is 4.90 Å². The fourth-order valence-electron chi connectivity index (χ4n) is 1.71. The number of benzene rings is 2. The second-order valence-corrected chi connectivity index (χ2v) is 4.87. The molecule has 0 saturated carbocycles. The van der Waals surface area contributed by atoms with Crippen molar-refractivity contribution in [2.24, 2.45) is 0 Å². The van der Waals surface area contributed by atoms with Gasteiger partial charge in [-0.1, -0.05) is 6.07 Å². The van der Waals surface area contributed by atoms with Crippen LogP contribution in [0.5, 0.6) is 11.5 Å². The average molecular weight is 305 g/mol.